The van der Waals surface area contributed by atoms with Crippen LogP contribution in [0.4, 0.5) is 0 Å². The summed E-state index contributed by atoms with van der Waals surface area (Å²) >= 11 is 11.5. The maximum atomic E-state index is 6.22. The van der Waals surface area contributed by atoms with Crippen LogP contribution < -0.4 is 5.43 Å². The third-order valence-electron chi connectivity index (χ3n) is 3.82. The van der Waals surface area contributed by atoms with Gasteiger partial charge in [0.2, 0.25) is 4.77 Å². The Hall–Kier alpha value is -2.90. The normalized spacial score (nSPS) is 10.8. The molecule has 6 nitrogen and oxygen atoms in total. The van der Waals surface area contributed by atoms with Gasteiger partial charge in [-0.15, -0.1) is 0 Å². The third-order valence-corrected chi connectivity index (χ3v) is 4.43. The van der Waals surface area contributed by atoms with Crippen molar-refractivity contribution in [2.24, 2.45) is 0 Å². The molecule has 4 rings (SSSR count). The van der Waals surface area contributed by atoms with E-state index in [1.165, 1.54) is 0 Å². The highest BCUT2D eigenvalue weighted by Gasteiger charge is 2.11. The molecular formula is C18H14ClN5OS. The Morgan fingerprint density at radius 3 is 2.73 bits per heavy atom. The number of pyridine rings is 1. The molecule has 0 fully saturated rings. The zero-order valence-corrected chi connectivity index (χ0v) is 15.1. The lowest BCUT2D eigenvalue weighted by Crippen LogP contribution is -2.15. The van der Waals surface area contributed by atoms with E-state index >= 15 is 0 Å². The Labute approximate surface area is 159 Å². The van der Waals surface area contributed by atoms with Gasteiger partial charge in [0.25, 0.3) is 0 Å². The SMILES string of the molecule is S=c1[nH]nc(-c2ccncc2)n1NCc1ccc(-c2ccccc2Cl)o1. The van der Waals surface area contributed by atoms with Gasteiger partial charge >= 0.3 is 0 Å². The predicted octanol–water partition coefficient (Wildman–Crippen LogP) is 4.66. The molecule has 0 aliphatic rings. The highest BCUT2D eigenvalue weighted by Crippen LogP contribution is 2.29. The van der Waals surface area contributed by atoms with E-state index in [-0.39, 0.29) is 0 Å². The molecule has 3 aromatic heterocycles. The minimum atomic E-state index is 0.441. The van der Waals surface area contributed by atoms with E-state index in [4.69, 9.17) is 28.2 Å². The minimum Gasteiger partial charge on any atom is -0.459 e. The van der Waals surface area contributed by atoms with Crippen LogP contribution in [-0.4, -0.2) is 19.9 Å². The van der Waals surface area contributed by atoms with E-state index < -0.39 is 0 Å². The van der Waals surface area contributed by atoms with Gasteiger partial charge in [0, 0.05) is 23.5 Å². The Morgan fingerprint density at radius 2 is 1.92 bits per heavy atom. The maximum absolute atomic E-state index is 6.22. The van der Waals surface area contributed by atoms with Gasteiger partial charge in [-0.2, -0.15) is 5.10 Å². The van der Waals surface area contributed by atoms with Gasteiger partial charge in [0.05, 0.1) is 11.6 Å². The fourth-order valence-corrected chi connectivity index (χ4v) is 3.00. The summed E-state index contributed by atoms with van der Waals surface area (Å²) in [6.45, 7) is 0.441. The molecule has 0 saturated heterocycles. The van der Waals surface area contributed by atoms with Crippen LogP contribution in [0.2, 0.25) is 5.02 Å². The summed E-state index contributed by atoms with van der Waals surface area (Å²) in [4.78, 5) is 4.02. The average Bonchev–Trinajstić information content (AvgIpc) is 3.28. The molecule has 0 aliphatic heterocycles. The summed E-state index contributed by atoms with van der Waals surface area (Å²) in [6, 6.07) is 15.1. The summed E-state index contributed by atoms with van der Waals surface area (Å²) in [6.07, 6.45) is 3.42. The van der Waals surface area contributed by atoms with Gasteiger partial charge in [0.15, 0.2) is 5.82 Å². The molecule has 0 unspecified atom stereocenters. The summed E-state index contributed by atoms with van der Waals surface area (Å²) < 4.78 is 8.08. The number of nitrogens with one attached hydrogen (secondary N) is 2. The molecule has 3 heterocycles. The van der Waals surface area contributed by atoms with Crippen LogP contribution in [-0.2, 0) is 6.54 Å². The van der Waals surface area contributed by atoms with Crippen molar-refractivity contribution in [1.82, 2.24) is 19.9 Å². The van der Waals surface area contributed by atoms with Gasteiger partial charge in [-0.05, 0) is 48.6 Å². The summed E-state index contributed by atoms with van der Waals surface area (Å²) in [5.41, 5.74) is 4.99. The van der Waals surface area contributed by atoms with Crippen LogP contribution in [0.15, 0.2) is 65.3 Å². The fraction of sp³-hybridized carbons (Fsp3) is 0.0556. The lowest BCUT2D eigenvalue weighted by Gasteiger charge is -2.08. The zero-order valence-electron chi connectivity index (χ0n) is 13.5. The smallest absolute Gasteiger partial charge is 0.214 e. The number of halogens is 1. The van der Waals surface area contributed by atoms with Crippen molar-refractivity contribution in [1.29, 1.82) is 0 Å². The monoisotopic (exact) mass is 383 g/mol. The molecule has 0 radical (unpaired) electrons. The van der Waals surface area contributed by atoms with Crippen LogP contribution in [0.1, 0.15) is 5.76 Å². The van der Waals surface area contributed by atoms with Crippen molar-refractivity contribution >= 4 is 23.8 Å². The van der Waals surface area contributed by atoms with Crippen LogP contribution in [0, 0.1) is 4.77 Å². The molecule has 1 aromatic carbocycles. The topological polar surface area (TPSA) is 71.7 Å². The van der Waals surface area contributed by atoms with Crippen molar-refractivity contribution in [2.45, 2.75) is 6.54 Å². The van der Waals surface area contributed by atoms with E-state index in [0.717, 1.165) is 22.6 Å². The molecule has 0 amide bonds. The van der Waals surface area contributed by atoms with Crippen molar-refractivity contribution in [3.05, 3.63) is 76.5 Å². The number of furan rings is 1. The number of aromatic amines is 1. The Morgan fingerprint density at radius 1 is 1.12 bits per heavy atom. The first-order chi connectivity index (χ1) is 12.7. The molecule has 26 heavy (non-hydrogen) atoms. The number of H-pyrrole nitrogens is 1. The van der Waals surface area contributed by atoms with E-state index in [9.17, 15) is 0 Å². The van der Waals surface area contributed by atoms with E-state index in [1.54, 1.807) is 17.1 Å². The summed E-state index contributed by atoms with van der Waals surface area (Å²) in [7, 11) is 0. The fourth-order valence-electron chi connectivity index (χ4n) is 2.57. The molecule has 2 N–H and O–H groups in total. The molecule has 0 saturated carbocycles. The molecule has 130 valence electrons. The van der Waals surface area contributed by atoms with Crippen LogP contribution >= 0.6 is 23.8 Å². The largest absolute Gasteiger partial charge is 0.459 e. The second-order valence-electron chi connectivity index (χ2n) is 5.50. The highest BCUT2D eigenvalue weighted by atomic mass is 35.5. The second kappa shape index (κ2) is 7.15. The van der Waals surface area contributed by atoms with E-state index in [0.29, 0.717) is 22.2 Å². The second-order valence-corrected chi connectivity index (χ2v) is 6.30. The number of hydrogen-bond acceptors (Lipinski definition) is 5. The molecule has 0 spiro atoms. The Balaban J connectivity index is 1.55. The van der Waals surface area contributed by atoms with Gasteiger partial charge < -0.3 is 9.84 Å². The van der Waals surface area contributed by atoms with Crippen LogP contribution in [0.25, 0.3) is 22.7 Å². The number of rotatable bonds is 5. The first kappa shape index (κ1) is 16.6. The molecular weight excluding hydrogens is 370 g/mol. The molecule has 0 aliphatic carbocycles. The first-order valence-corrected chi connectivity index (χ1v) is 8.66. The predicted molar refractivity (Wildman–Crippen MR) is 103 cm³/mol. The van der Waals surface area contributed by atoms with Gasteiger partial charge in [0.1, 0.15) is 11.5 Å². The lowest BCUT2D eigenvalue weighted by molar-refractivity contribution is 0.523. The van der Waals surface area contributed by atoms with Gasteiger partial charge in [-0.25, -0.2) is 9.77 Å². The first-order valence-electron chi connectivity index (χ1n) is 7.87. The quantitative estimate of drug-likeness (QED) is 0.490. The van der Waals surface area contributed by atoms with Gasteiger partial charge in [-0.3, -0.25) is 4.98 Å². The average molecular weight is 384 g/mol. The number of aromatic nitrogens is 4. The van der Waals surface area contributed by atoms with Crippen molar-refractivity contribution in [3.8, 4) is 22.7 Å². The van der Waals surface area contributed by atoms with Crippen molar-refractivity contribution in [2.75, 3.05) is 5.43 Å². The molecule has 4 aromatic rings. The minimum absolute atomic E-state index is 0.441. The Bertz CT molecular complexity index is 1090. The van der Waals surface area contributed by atoms with E-state index in [2.05, 4.69) is 20.6 Å². The van der Waals surface area contributed by atoms with Crippen molar-refractivity contribution < 1.29 is 4.42 Å². The standard InChI is InChI=1S/C18H14ClN5OS/c19-15-4-2-1-3-14(15)16-6-5-13(25-16)11-21-24-17(22-23-18(24)26)12-7-9-20-10-8-12/h1-10,21H,11H2,(H,23,26). The number of hydrogen-bond donors (Lipinski definition) is 2. The molecule has 0 atom stereocenters. The Kier molecular flexibility index (Phi) is 4.55. The third kappa shape index (κ3) is 3.26. The van der Waals surface area contributed by atoms with Crippen LogP contribution in [0.3, 0.4) is 0 Å². The summed E-state index contributed by atoms with van der Waals surface area (Å²) in [5.74, 6) is 2.15. The summed E-state index contributed by atoms with van der Waals surface area (Å²) in [5, 5.41) is 7.72. The highest BCUT2D eigenvalue weighted by molar-refractivity contribution is 7.71. The maximum Gasteiger partial charge on any atom is 0.214 e. The van der Waals surface area contributed by atoms with Crippen LogP contribution in [0.5, 0.6) is 0 Å². The van der Waals surface area contributed by atoms with E-state index in [1.807, 2.05) is 48.5 Å². The molecule has 0 bridgehead atoms. The lowest BCUT2D eigenvalue weighted by atomic mass is 10.2. The van der Waals surface area contributed by atoms with Crippen molar-refractivity contribution in [3.63, 3.8) is 0 Å². The zero-order chi connectivity index (χ0) is 17.9. The van der Waals surface area contributed by atoms with Gasteiger partial charge in [-0.1, -0.05) is 23.7 Å². The number of nitrogens with zero attached hydrogens (tertiary/aromatic N) is 3. The number of benzene rings is 1. The molecule has 8 heteroatoms.